The van der Waals surface area contributed by atoms with E-state index in [1.807, 2.05) is 42.5 Å². The zero-order valence-corrected chi connectivity index (χ0v) is 18.0. The molecule has 2 N–H and O–H groups in total. The highest BCUT2D eigenvalue weighted by Crippen LogP contribution is 2.36. The van der Waals surface area contributed by atoms with Gasteiger partial charge in [-0.25, -0.2) is 4.79 Å². The number of rotatable bonds is 7. The van der Waals surface area contributed by atoms with Crippen molar-refractivity contribution in [3.63, 3.8) is 0 Å². The van der Waals surface area contributed by atoms with Crippen LogP contribution >= 0.6 is 0 Å². The number of aromatic nitrogens is 1. The van der Waals surface area contributed by atoms with Gasteiger partial charge in [0.25, 0.3) is 0 Å². The number of piperazine rings is 1. The number of hydrogen-bond acceptors (Lipinski definition) is 6. The Morgan fingerprint density at radius 1 is 0.968 bits per heavy atom. The first-order valence-corrected chi connectivity index (χ1v) is 11.0. The van der Waals surface area contributed by atoms with Crippen LogP contribution in [0, 0.1) is 0 Å². The van der Waals surface area contributed by atoms with Crippen LogP contribution in [0.1, 0.15) is 29.2 Å². The number of hydrogen-bond donors (Lipinski definition) is 2. The molecule has 1 atom stereocenters. The number of fused-ring (bicyclic) bond motifs is 1. The molecule has 0 saturated carbocycles. The molecule has 1 fully saturated rings. The predicted molar refractivity (Wildman–Crippen MR) is 118 cm³/mol. The lowest BCUT2D eigenvalue weighted by molar-refractivity contribution is -0.148. The number of carbonyl (C=O) groups is 1. The smallest absolute Gasteiger partial charge is 0.327 e. The van der Waals surface area contributed by atoms with Gasteiger partial charge in [0, 0.05) is 43.9 Å². The van der Waals surface area contributed by atoms with Gasteiger partial charge in [-0.3, -0.25) is 9.47 Å². The highest BCUT2D eigenvalue weighted by Gasteiger charge is 2.31. The molecule has 1 saturated heterocycles. The van der Waals surface area contributed by atoms with Crippen LogP contribution in [0.2, 0.25) is 0 Å². The molecule has 0 amide bonds. The van der Waals surface area contributed by atoms with Gasteiger partial charge in [-0.05, 0) is 31.4 Å². The SMILES string of the molecule is COC(=O)C(c1ccccc1)N1CCN(CCCn2c(O)c3c(c2O)CC=CC3)CC1. The summed E-state index contributed by atoms with van der Waals surface area (Å²) in [6.07, 6.45) is 6.24. The average Bonchev–Trinajstić information content (AvgIpc) is 3.06. The van der Waals surface area contributed by atoms with Gasteiger partial charge in [-0.15, -0.1) is 0 Å². The van der Waals surface area contributed by atoms with Crippen LogP contribution in [0.15, 0.2) is 42.5 Å². The van der Waals surface area contributed by atoms with Crippen molar-refractivity contribution in [3.05, 3.63) is 59.2 Å². The van der Waals surface area contributed by atoms with Crippen LogP contribution in [0.25, 0.3) is 0 Å². The number of allylic oxidation sites excluding steroid dienone is 2. The van der Waals surface area contributed by atoms with E-state index in [9.17, 15) is 15.0 Å². The van der Waals surface area contributed by atoms with Crippen LogP contribution in [0.3, 0.4) is 0 Å². The summed E-state index contributed by atoms with van der Waals surface area (Å²) >= 11 is 0. The molecule has 2 aromatic rings. The molecule has 166 valence electrons. The Balaban J connectivity index is 1.31. The van der Waals surface area contributed by atoms with Gasteiger partial charge >= 0.3 is 5.97 Å². The Labute approximate surface area is 183 Å². The van der Waals surface area contributed by atoms with Gasteiger partial charge in [0.2, 0.25) is 0 Å². The van der Waals surface area contributed by atoms with E-state index in [0.29, 0.717) is 19.4 Å². The molecular weight excluding hydrogens is 394 g/mol. The molecular formula is C24H31N3O4. The van der Waals surface area contributed by atoms with Gasteiger partial charge in [-0.2, -0.15) is 0 Å². The molecule has 0 spiro atoms. The number of benzene rings is 1. The number of ether oxygens (including phenoxy) is 1. The van der Waals surface area contributed by atoms with E-state index in [-0.39, 0.29) is 23.8 Å². The molecule has 0 bridgehead atoms. The number of aromatic hydroxyl groups is 2. The van der Waals surface area contributed by atoms with Crippen molar-refractivity contribution in [2.75, 3.05) is 39.8 Å². The second-order valence-electron chi connectivity index (χ2n) is 8.20. The van der Waals surface area contributed by atoms with E-state index in [0.717, 1.165) is 55.8 Å². The molecule has 1 aromatic heterocycles. The molecule has 4 rings (SSSR count). The van der Waals surface area contributed by atoms with E-state index in [4.69, 9.17) is 4.74 Å². The predicted octanol–water partition coefficient (Wildman–Crippen LogP) is 2.48. The van der Waals surface area contributed by atoms with E-state index in [1.165, 1.54) is 7.11 Å². The molecule has 7 nitrogen and oxygen atoms in total. The summed E-state index contributed by atoms with van der Waals surface area (Å²) in [5.41, 5.74) is 2.66. The largest absolute Gasteiger partial charge is 0.494 e. The fourth-order valence-corrected chi connectivity index (χ4v) is 4.68. The van der Waals surface area contributed by atoms with Crippen LogP contribution in [-0.4, -0.2) is 70.4 Å². The molecule has 0 radical (unpaired) electrons. The number of nitrogens with zero attached hydrogens (tertiary/aromatic N) is 3. The van der Waals surface area contributed by atoms with Crippen molar-refractivity contribution in [1.29, 1.82) is 0 Å². The molecule has 1 aliphatic heterocycles. The fraction of sp³-hybridized carbons (Fsp3) is 0.458. The summed E-state index contributed by atoms with van der Waals surface area (Å²) in [4.78, 5) is 17.0. The lowest BCUT2D eigenvalue weighted by Crippen LogP contribution is -2.49. The molecule has 31 heavy (non-hydrogen) atoms. The van der Waals surface area contributed by atoms with Gasteiger partial charge in [0.15, 0.2) is 11.8 Å². The van der Waals surface area contributed by atoms with Crippen molar-refractivity contribution in [3.8, 4) is 11.8 Å². The van der Waals surface area contributed by atoms with Crippen molar-refractivity contribution in [2.45, 2.75) is 31.8 Å². The van der Waals surface area contributed by atoms with Crippen molar-refractivity contribution < 1.29 is 19.7 Å². The van der Waals surface area contributed by atoms with E-state index in [2.05, 4.69) is 9.80 Å². The first kappa shape index (κ1) is 21.5. The lowest BCUT2D eigenvalue weighted by atomic mass is 10.0. The minimum atomic E-state index is -0.373. The zero-order chi connectivity index (χ0) is 21.8. The Morgan fingerprint density at radius 3 is 2.16 bits per heavy atom. The Morgan fingerprint density at radius 2 is 1.58 bits per heavy atom. The third-order valence-electron chi connectivity index (χ3n) is 6.39. The van der Waals surface area contributed by atoms with Crippen molar-refractivity contribution in [1.82, 2.24) is 14.4 Å². The summed E-state index contributed by atoms with van der Waals surface area (Å²) in [5, 5.41) is 21.0. The van der Waals surface area contributed by atoms with E-state index < -0.39 is 0 Å². The molecule has 1 aromatic carbocycles. The highest BCUT2D eigenvalue weighted by molar-refractivity contribution is 5.77. The number of esters is 1. The maximum absolute atomic E-state index is 12.4. The fourth-order valence-electron chi connectivity index (χ4n) is 4.68. The van der Waals surface area contributed by atoms with Crippen molar-refractivity contribution in [2.24, 2.45) is 0 Å². The Kier molecular flexibility index (Phi) is 6.63. The summed E-state index contributed by atoms with van der Waals surface area (Å²) < 4.78 is 6.70. The topological polar surface area (TPSA) is 78.2 Å². The maximum atomic E-state index is 12.4. The first-order chi connectivity index (χ1) is 15.1. The van der Waals surface area contributed by atoms with Gasteiger partial charge in [0.05, 0.1) is 7.11 Å². The minimum Gasteiger partial charge on any atom is -0.494 e. The van der Waals surface area contributed by atoms with Gasteiger partial charge in [0.1, 0.15) is 6.04 Å². The molecule has 1 aliphatic carbocycles. The Bertz CT molecular complexity index is 899. The summed E-state index contributed by atoms with van der Waals surface area (Å²) in [7, 11) is 1.44. The molecule has 2 heterocycles. The van der Waals surface area contributed by atoms with E-state index >= 15 is 0 Å². The Hall–Kier alpha value is -2.77. The first-order valence-electron chi connectivity index (χ1n) is 11.0. The summed E-state index contributed by atoms with van der Waals surface area (Å²) in [5.74, 6) is 0.174. The molecule has 1 unspecified atom stereocenters. The highest BCUT2D eigenvalue weighted by atomic mass is 16.5. The normalized spacial score (nSPS) is 18.0. The minimum absolute atomic E-state index is 0.199. The van der Waals surface area contributed by atoms with Crippen LogP contribution in [-0.2, 0) is 28.9 Å². The molecule has 2 aliphatic rings. The third kappa shape index (κ3) is 4.48. The third-order valence-corrected chi connectivity index (χ3v) is 6.39. The van der Waals surface area contributed by atoms with Crippen molar-refractivity contribution >= 4 is 5.97 Å². The monoisotopic (exact) mass is 425 g/mol. The van der Waals surface area contributed by atoms with Crippen LogP contribution in [0.5, 0.6) is 11.8 Å². The standard InChI is InChI=1S/C24H31N3O4/c1-31-24(30)21(18-8-3-2-4-9-18)26-16-14-25(15-17-26)12-7-13-27-22(28)19-10-5-6-11-20(19)23(27)29/h2-6,8-9,21,28-29H,7,10-17H2,1H3. The average molecular weight is 426 g/mol. The number of carbonyl (C=O) groups excluding carboxylic acids is 1. The summed E-state index contributed by atoms with van der Waals surface area (Å²) in [6.45, 7) is 4.76. The van der Waals surface area contributed by atoms with Gasteiger partial charge in [-0.1, -0.05) is 42.5 Å². The zero-order valence-electron chi connectivity index (χ0n) is 18.0. The molecule has 7 heteroatoms. The second kappa shape index (κ2) is 9.58. The van der Waals surface area contributed by atoms with Crippen LogP contribution < -0.4 is 0 Å². The summed E-state index contributed by atoms with van der Waals surface area (Å²) in [6, 6.07) is 9.41. The lowest BCUT2D eigenvalue weighted by Gasteiger charge is -2.38. The van der Waals surface area contributed by atoms with E-state index in [1.54, 1.807) is 4.57 Å². The number of methoxy groups -OCH3 is 1. The maximum Gasteiger partial charge on any atom is 0.327 e. The quantitative estimate of drug-likeness (QED) is 0.524. The second-order valence-corrected chi connectivity index (χ2v) is 8.20. The van der Waals surface area contributed by atoms with Gasteiger partial charge < -0.3 is 19.8 Å². The van der Waals surface area contributed by atoms with Crippen LogP contribution in [0.4, 0.5) is 0 Å².